The molecule has 3 aromatic carbocycles. The molecule has 2 N–H and O–H groups in total. The molecule has 34 heavy (non-hydrogen) atoms. The average molecular weight is 502 g/mol. The van der Waals surface area contributed by atoms with Gasteiger partial charge in [-0.05, 0) is 80.4 Å². The van der Waals surface area contributed by atoms with Crippen molar-refractivity contribution in [2.24, 2.45) is 0 Å². The molecule has 0 aliphatic heterocycles. The minimum absolute atomic E-state index is 0.0235. The molecule has 1 amide bonds. The molecule has 0 radical (unpaired) electrons. The number of aryl methyl sites for hydroxylation is 2. The number of amides is 1. The van der Waals surface area contributed by atoms with Gasteiger partial charge in [-0.3, -0.25) is 13.8 Å². The Morgan fingerprint density at radius 2 is 1.38 bits per heavy atom. The quantitative estimate of drug-likeness (QED) is 0.486. The third-order valence-electron chi connectivity index (χ3n) is 5.01. The lowest BCUT2D eigenvalue weighted by Gasteiger charge is -2.28. The molecular weight excluding hydrogens is 474 g/mol. The van der Waals surface area contributed by atoms with Crippen LogP contribution in [0.1, 0.15) is 18.1 Å². The molecule has 0 fully saturated rings. The zero-order chi connectivity index (χ0) is 25.1. The summed E-state index contributed by atoms with van der Waals surface area (Å²) in [5.41, 5.74) is 2.91. The number of rotatable bonds is 8. The van der Waals surface area contributed by atoms with Gasteiger partial charge in [-0.25, -0.2) is 16.8 Å². The number of carbonyl (C=O) groups excluding carboxylic acids is 1. The van der Waals surface area contributed by atoms with Crippen LogP contribution in [0.2, 0.25) is 0 Å². The number of hydrogen-bond acceptors (Lipinski definition) is 5. The summed E-state index contributed by atoms with van der Waals surface area (Å²) in [5.74, 6) is -0.553. The van der Waals surface area contributed by atoms with E-state index in [0.717, 1.165) is 21.7 Å². The van der Waals surface area contributed by atoms with Gasteiger partial charge in [-0.2, -0.15) is 0 Å². The van der Waals surface area contributed by atoms with Crippen molar-refractivity contribution in [3.8, 4) is 0 Å². The molecule has 0 saturated carbocycles. The van der Waals surface area contributed by atoms with Crippen LogP contribution in [0.15, 0.2) is 77.7 Å². The summed E-state index contributed by atoms with van der Waals surface area (Å²) in [6.45, 7) is 5.20. The van der Waals surface area contributed by atoms with Gasteiger partial charge in [0.1, 0.15) is 6.04 Å². The molecule has 1 atom stereocenters. The van der Waals surface area contributed by atoms with E-state index in [2.05, 4.69) is 10.0 Å². The van der Waals surface area contributed by atoms with Gasteiger partial charge < -0.3 is 5.32 Å². The highest BCUT2D eigenvalue weighted by Crippen LogP contribution is 2.25. The SMILES string of the molecule is Cc1cc(C)cc(N([C@H](C)C(=O)Nc2ccc(S(=O)(=O)Nc3ccccc3)cc2)S(C)(=O)=O)c1. The number of sulfonamides is 2. The van der Waals surface area contributed by atoms with Crippen LogP contribution in [0.5, 0.6) is 0 Å². The summed E-state index contributed by atoms with van der Waals surface area (Å²) in [4.78, 5) is 12.9. The predicted molar refractivity (Wildman–Crippen MR) is 135 cm³/mol. The Bertz CT molecular complexity index is 1370. The fraction of sp³-hybridized carbons (Fsp3) is 0.208. The Hall–Kier alpha value is -3.37. The fourth-order valence-electron chi connectivity index (χ4n) is 3.57. The number of benzene rings is 3. The number of para-hydroxylation sites is 1. The van der Waals surface area contributed by atoms with Gasteiger partial charge in [0.15, 0.2) is 0 Å². The normalized spacial score (nSPS) is 12.6. The number of hydrogen-bond donors (Lipinski definition) is 2. The summed E-state index contributed by atoms with van der Waals surface area (Å²) in [7, 11) is -7.56. The van der Waals surface area contributed by atoms with Crippen LogP contribution >= 0.6 is 0 Å². The highest BCUT2D eigenvalue weighted by molar-refractivity contribution is 7.92. The van der Waals surface area contributed by atoms with E-state index < -0.39 is 32.0 Å². The van der Waals surface area contributed by atoms with E-state index in [-0.39, 0.29) is 4.90 Å². The van der Waals surface area contributed by atoms with Crippen molar-refractivity contribution in [2.45, 2.75) is 31.7 Å². The van der Waals surface area contributed by atoms with E-state index in [0.29, 0.717) is 17.1 Å². The average Bonchev–Trinajstić information content (AvgIpc) is 2.73. The molecule has 0 unspecified atom stereocenters. The Morgan fingerprint density at radius 3 is 1.91 bits per heavy atom. The summed E-state index contributed by atoms with van der Waals surface area (Å²) < 4.78 is 53.8. The lowest BCUT2D eigenvalue weighted by molar-refractivity contribution is -0.116. The van der Waals surface area contributed by atoms with Gasteiger partial charge in [0.25, 0.3) is 10.0 Å². The molecule has 180 valence electrons. The van der Waals surface area contributed by atoms with Gasteiger partial charge in [0.05, 0.1) is 16.8 Å². The number of nitrogens with one attached hydrogen (secondary N) is 2. The van der Waals surface area contributed by atoms with Crippen molar-refractivity contribution >= 4 is 43.0 Å². The standard InChI is InChI=1S/C24H27N3O5S2/c1-17-14-18(2)16-22(15-17)27(33(4,29)30)19(3)24(28)25-20-10-12-23(13-11-20)34(31,32)26-21-8-6-5-7-9-21/h5-16,19,26H,1-4H3,(H,25,28)/t19-/m1/s1. The first-order chi connectivity index (χ1) is 15.9. The molecule has 0 aliphatic carbocycles. The molecule has 0 saturated heterocycles. The first-order valence-corrected chi connectivity index (χ1v) is 13.8. The van der Waals surface area contributed by atoms with E-state index in [9.17, 15) is 21.6 Å². The maximum absolute atomic E-state index is 12.9. The lowest BCUT2D eigenvalue weighted by Crippen LogP contribution is -2.45. The minimum atomic E-state index is -3.80. The zero-order valence-corrected chi connectivity index (χ0v) is 20.9. The molecule has 0 aliphatic rings. The molecule has 0 heterocycles. The van der Waals surface area contributed by atoms with Gasteiger partial charge in [0.2, 0.25) is 15.9 Å². The van der Waals surface area contributed by atoms with Crippen molar-refractivity contribution in [3.63, 3.8) is 0 Å². The van der Waals surface area contributed by atoms with Gasteiger partial charge in [-0.1, -0.05) is 24.3 Å². The molecule has 10 heteroatoms. The second-order valence-corrected chi connectivity index (χ2v) is 11.6. The van der Waals surface area contributed by atoms with Crippen LogP contribution < -0.4 is 14.3 Å². The Kier molecular flexibility index (Phi) is 7.32. The third kappa shape index (κ3) is 6.15. The Balaban J connectivity index is 1.78. The van der Waals surface area contributed by atoms with Crippen molar-refractivity contribution in [3.05, 3.63) is 83.9 Å². The first kappa shape index (κ1) is 25.3. The number of carbonyl (C=O) groups is 1. The molecule has 3 rings (SSSR count). The molecule has 3 aromatic rings. The zero-order valence-electron chi connectivity index (χ0n) is 19.3. The first-order valence-electron chi connectivity index (χ1n) is 10.4. The van der Waals surface area contributed by atoms with Crippen molar-refractivity contribution < 1.29 is 21.6 Å². The summed E-state index contributed by atoms with van der Waals surface area (Å²) in [6.07, 6.45) is 1.05. The van der Waals surface area contributed by atoms with Crippen molar-refractivity contribution in [1.82, 2.24) is 0 Å². The van der Waals surface area contributed by atoms with Crippen molar-refractivity contribution in [2.75, 3.05) is 20.6 Å². The van der Waals surface area contributed by atoms with Crippen LogP contribution in [-0.4, -0.2) is 35.0 Å². The topological polar surface area (TPSA) is 113 Å². The van der Waals surface area contributed by atoms with Crippen molar-refractivity contribution in [1.29, 1.82) is 0 Å². The van der Waals surface area contributed by atoms with Gasteiger partial charge in [-0.15, -0.1) is 0 Å². The molecule has 0 spiro atoms. The van der Waals surface area contributed by atoms with E-state index in [4.69, 9.17) is 0 Å². The van der Waals surface area contributed by atoms with E-state index >= 15 is 0 Å². The second kappa shape index (κ2) is 9.86. The highest BCUT2D eigenvalue weighted by atomic mass is 32.2. The van der Waals surface area contributed by atoms with E-state index in [1.165, 1.54) is 31.2 Å². The minimum Gasteiger partial charge on any atom is -0.324 e. The maximum Gasteiger partial charge on any atom is 0.261 e. The van der Waals surface area contributed by atoms with Gasteiger partial charge in [0, 0.05) is 11.4 Å². The lowest BCUT2D eigenvalue weighted by atomic mass is 10.1. The van der Waals surface area contributed by atoms with Gasteiger partial charge >= 0.3 is 0 Å². The molecular formula is C24H27N3O5S2. The second-order valence-electron chi connectivity index (χ2n) is 8.07. The maximum atomic E-state index is 12.9. The Labute approximate surface area is 200 Å². The van der Waals surface area contributed by atoms with Crippen LogP contribution in [-0.2, 0) is 24.8 Å². The summed E-state index contributed by atoms with van der Waals surface area (Å²) >= 11 is 0. The summed E-state index contributed by atoms with van der Waals surface area (Å²) in [5, 5.41) is 2.66. The van der Waals surface area contributed by atoms with Crippen LogP contribution in [0.25, 0.3) is 0 Å². The monoisotopic (exact) mass is 501 g/mol. The molecule has 8 nitrogen and oxygen atoms in total. The smallest absolute Gasteiger partial charge is 0.261 e. The molecule has 0 bridgehead atoms. The molecule has 0 aromatic heterocycles. The Morgan fingerprint density at radius 1 is 0.824 bits per heavy atom. The summed E-state index contributed by atoms with van der Waals surface area (Å²) in [6, 6.07) is 18.4. The number of nitrogens with zero attached hydrogens (tertiary/aromatic N) is 1. The van der Waals surface area contributed by atoms with Crippen LogP contribution in [0.4, 0.5) is 17.1 Å². The number of anilines is 3. The van der Waals surface area contributed by atoms with E-state index in [1.54, 1.807) is 42.5 Å². The van der Waals surface area contributed by atoms with Crippen LogP contribution in [0, 0.1) is 13.8 Å². The van der Waals surface area contributed by atoms with E-state index in [1.807, 2.05) is 19.9 Å². The third-order valence-corrected chi connectivity index (χ3v) is 7.65. The largest absolute Gasteiger partial charge is 0.324 e. The van der Waals surface area contributed by atoms with Crippen LogP contribution in [0.3, 0.4) is 0 Å². The highest BCUT2D eigenvalue weighted by Gasteiger charge is 2.29. The fourth-order valence-corrected chi connectivity index (χ4v) is 5.79. The predicted octanol–water partition coefficient (Wildman–Crippen LogP) is 3.90.